The van der Waals surface area contributed by atoms with Crippen molar-refractivity contribution in [2.45, 2.75) is 109 Å². The molecule has 0 aromatic heterocycles. The third-order valence-corrected chi connectivity index (χ3v) is 5.39. The van der Waals surface area contributed by atoms with Gasteiger partial charge in [-0.05, 0) is 34.1 Å². The number of carbonyl (C=O) groups is 1. The molecule has 3 rings (SSSR count). The maximum Gasteiger partial charge on any atom is 0.187 e. The first kappa shape index (κ1) is 20.2. The monoisotopic (exact) mass is 370 g/mol. The number of rotatable bonds is 8. The van der Waals surface area contributed by atoms with Gasteiger partial charge in [-0.15, -0.1) is 0 Å². The predicted molar refractivity (Wildman–Crippen MR) is 95.5 cm³/mol. The Hall–Kier alpha value is -0.530. The molecule has 2 unspecified atom stereocenters. The lowest BCUT2D eigenvalue weighted by Crippen LogP contribution is -2.40. The summed E-state index contributed by atoms with van der Waals surface area (Å²) in [5.74, 6) is -1.11. The Morgan fingerprint density at radius 3 is 2.38 bits per heavy atom. The second-order valence-corrected chi connectivity index (χ2v) is 8.65. The number of Topliss-reactive ketones (excluding diaryl/α,β-unsaturated/α-hetero) is 1. The van der Waals surface area contributed by atoms with E-state index in [9.17, 15) is 4.79 Å². The fourth-order valence-electron chi connectivity index (χ4n) is 4.18. The van der Waals surface area contributed by atoms with Gasteiger partial charge in [0.2, 0.25) is 0 Å². The van der Waals surface area contributed by atoms with E-state index in [1.54, 1.807) is 0 Å². The summed E-state index contributed by atoms with van der Waals surface area (Å²) in [5, 5.41) is 0. The van der Waals surface area contributed by atoms with Crippen molar-refractivity contribution in [3.63, 3.8) is 0 Å². The minimum absolute atomic E-state index is 0.0667. The number of hydrogen-bond acceptors (Lipinski definition) is 6. The van der Waals surface area contributed by atoms with E-state index in [4.69, 9.17) is 23.7 Å². The number of hydrogen-bond donors (Lipinski definition) is 0. The van der Waals surface area contributed by atoms with Crippen molar-refractivity contribution in [3.05, 3.63) is 0 Å². The standard InChI is InChI=1S/C20H34O6/c1-6-7-8-9-10-13(21)11-14-16(15-12-22-19(2,3)24-15)23-18-17(14)25-20(4,5)26-18/h14-18H,6-12H2,1-5H3/t14?,15-,16?,17-,18-/m1/s1. The molecule has 3 fully saturated rings. The Kier molecular flexibility index (Phi) is 6.09. The smallest absolute Gasteiger partial charge is 0.187 e. The molecule has 3 aliphatic heterocycles. The molecule has 26 heavy (non-hydrogen) atoms. The summed E-state index contributed by atoms with van der Waals surface area (Å²) < 4.78 is 29.8. The fraction of sp³-hybridized carbons (Fsp3) is 0.950. The van der Waals surface area contributed by atoms with Crippen LogP contribution in [-0.4, -0.2) is 48.6 Å². The molecule has 5 atom stereocenters. The zero-order chi connectivity index (χ0) is 18.9. The largest absolute Gasteiger partial charge is 0.348 e. The summed E-state index contributed by atoms with van der Waals surface area (Å²) in [6.07, 6.45) is 4.35. The van der Waals surface area contributed by atoms with Gasteiger partial charge in [-0.25, -0.2) is 0 Å². The van der Waals surface area contributed by atoms with Crippen LogP contribution in [0.2, 0.25) is 0 Å². The average molecular weight is 370 g/mol. The molecule has 0 amide bonds. The zero-order valence-electron chi connectivity index (χ0n) is 16.8. The van der Waals surface area contributed by atoms with Gasteiger partial charge in [0.1, 0.15) is 18.0 Å². The van der Waals surface area contributed by atoms with E-state index in [-0.39, 0.29) is 30.0 Å². The lowest BCUT2D eigenvalue weighted by Gasteiger charge is -2.28. The van der Waals surface area contributed by atoms with Crippen LogP contribution in [0.1, 0.15) is 73.1 Å². The van der Waals surface area contributed by atoms with Gasteiger partial charge in [0.05, 0.1) is 12.7 Å². The fourth-order valence-corrected chi connectivity index (χ4v) is 4.18. The molecule has 6 nitrogen and oxygen atoms in total. The van der Waals surface area contributed by atoms with Gasteiger partial charge < -0.3 is 23.7 Å². The predicted octanol–water partition coefficient (Wildman–Crippen LogP) is 3.56. The molecule has 0 bridgehead atoms. The highest BCUT2D eigenvalue weighted by molar-refractivity contribution is 5.78. The minimum atomic E-state index is -0.685. The van der Waals surface area contributed by atoms with Crippen molar-refractivity contribution in [1.29, 1.82) is 0 Å². The van der Waals surface area contributed by atoms with Crippen molar-refractivity contribution < 1.29 is 28.5 Å². The van der Waals surface area contributed by atoms with Gasteiger partial charge in [-0.1, -0.05) is 26.2 Å². The topological polar surface area (TPSA) is 63.2 Å². The second-order valence-electron chi connectivity index (χ2n) is 8.65. The Labute approximate surface area is 156 Å². The molecule has 150 valence electrons. The van der Waals surface area contributed by atoms with Crippen LogP contribution < -0.4 is 0 Å². The molecule has 0 saturated carbocycles. The van der Waals surface area contributed by atoms with E-state index in [2.05, 4.69) is 6.92 Å². The van der Waals surface area contributed by atoms with E-state index >= 15 is 0 Å². The van der Waals surface area contributed by atoms with Crippen molar-refractivity contribution >= 4 is 5.78 Å². The zero-order valence-corrected chi connectivity index (χ0v) is 16.8. The van der Waals surface area contributed by atoms with Gasteiger partial charge in [0.25, 0.3) is 0 Å². The molecule has 6 heteroatoms. The van der Waals surface area contributed by atoms with Crippen molar-refractivity contribution in [2.75, 3.05) is 6.61 Å². The van der Waals surface area contributed by atoms with Crippen LogP contribution >= 0.6 is 0 Å². The number of unbranched alkanes of at least 4 members (excludes halogenated alkanes) is 3. The van der Waals surface area contributed by atoms with Crippen LogP contribution in [0.25, 0.3) is 0 Å². The molecule has 0 N–H and O–H groups in total. The third kappa shape index (κ3) is 4.65. The van der Waals surface area contributed by atoms with Crippen LogP contribution in [-0.2, 0) is 28.5 Å². The second kappa shape index (κ2) is 7.84. The van der Waals surface area contributed by atoms with Gasteiger partial charge in [0, 0.05) is 18.8 Å². The highest BCUT2D eigenvalue weighted by atomic mass is 16.8. The highest BCUT2D eigenvalue weighted by Crippen LogP contribution is 2.45. The van der Waals surface area contributed by atoms with E-state index in [1.165, 1.54) is 12.8 Å². The van der Waals surface area contributed by atoms with Crippen LogP contribution in [0, 0.1) is 5.92 Å². The molecule has 3 saturated heterocycles. The van der Waals surface area contributed by atoms with Gasteiger partial charge in [-0.2, -0.15) is 0 Å². The van der Waals surface area contributed by atoms with Gasteiger partial charge in [-0.3, -0.25) is 4.79 Å². The van der Waals surface area contributed by atoms with E-state index < -0.39 is 17.9 Å². The lowest BCUT2D eigenvalue weighted by molar-refractivity contribution is -0.227. The van der Waals surface area contributed by atoms with Crippen molar-refractivity contribution in [3.8, 4) is 0 Å². The highest BCUT2D eigenvalue weighted by Gasteiger charge is 2.58. The van der Waals surface area contributed by atoms with Crippen LogP contribution in [0.15, 0.2) is 0 Å². The normalized spacial score (nSPS) is 37.8. The Bertz CT molecular complexity index is 503. The summed E-state index contributed by atoms with van der Waals surface area (Å²) in [5.41, 5.74) is 0. The van der Waals surface area contributed by atoms with Crippen LogP contribution in [0.3, 0.4) is 0 Å². The van der Waals surface area contributed by atoms with Crippen LogP contribution in [0.5, 0.6) is 0 Å². The SMILES string of the molecule is CCCCCCC(=O)CC1C([C@H]2COC(C)(C)O2)O[C@@H]2OC(C)(C)O[C@H]12. The summed E-state index contributed by atoms with van der Waals surface area (Å²) in [6, 6.07) is 0. The Balaban J connectivity index is 1.64. The lowest BCUT2D eigenvalue weighted by atomic mass is 9.88. The maximum absolute atomic E-state index is 12.6. The average Bonchev–Trinajstić information content (AvgIpc) is 3.14. The number of ketones is 1. The van der Waals surface area contributed by atoms with E-state index in [1.807, 2.05) is 27.7 Å². The van der Waals surface area contributed by atoms with Crippen LogP contribution in [0.4, 0.5) is 0 Å². The first-order chi connectivity index (χ1) is 12.2. The molecular weight excluding hydrogens is 336 g/mol. The maximum atomic E-state index is 12.6. The molecule has 0 spiro atoms. The number of carbonyl (C=O) groups excluding carboxylic acids is 1. The van der Waals surface area contributed by atoms with Crippen molar-refractivity contribution in [2.24, 2.45) is 5.92 Å². The quantitative estimate of drug-likeness (QED) is 0.609. The summed E-state index contributed by atoms with van der Waals surface area (Å²) in [7, 11) is 0. The first-order valence-electron chi connectivity index (χ1n) is 10.1. The van der Waals surface area contributed by atoms with Gasteiger partial charge >= 0.3 is 0 Å². The third-order valence-electron chi connectivity index (χ3n) is 5.39. The number of fused-ring (bicyclic) bond motifs is 1. The number of ether oxygens (including phenoxy) is 5. The Morgan fingerprint density at radius 2 is 1.73 bits per heavy atom. The van der Waals surface area contributed by atoms with Gasteiger partial charge in [0.15, 0.2) is 17.9 Å². The summed E-state index contributed by atoms with van der Waals surface area (Å²) in [6.45, 7) is 10.2. The van der Waals surface area contributed by atoms with E-state index in [0.29, 0.717) is 19.4 Å². The summed E-state index contributed by atoms with van der Waals surface area (Å²) >= 11 is 0. The molecule has 3 heterocycles. The molecule has 0 aromatic rings. The Morgan fingerprint density at radius 1 is 0.962 bits per heavy atom. The minimum Gasteiger partial charge on any atom is -0.348 e. The molecule has 0 aliphatic carbocycles. The first-order valence-corrected chi connectivity index (χ1v) is 10.1. The molecule has 3 aliphatic rings. The molecule has 0 aromatic carbocycles. The van der Waals surface area contributed by atoms with Crippen molar-refractivity contribution in [1.82, 2.24) is 0 Å². The molecule has 0 radical (unpaired) electrons. The van der Waals surface area contributed by atoms with E-state index in [0.717, 1.165) is 12.8 Å². The summed E-state index contributed by atoms with van der Waals surface area (Å²) in [4.78, 5) is 12.6. The molecular formula is C20H34O6.